The highest BCUT2D eigenvalue weighted by atomic mass is 16.5. The predicted molar refractivity (Wildman–Crippen MR) is 110 cm³/mol. The molecule has 0 saturated carbocycles. The van der Waals surface area contributed by atoms with E-state index in [0.29, 0.717) is 22.6 Å². The molecule has 2 N–H and O–H groups in total. The Morgan fingerprint density at radius 1 is 1.13 bits per heavy atom. The summed E-state index contributed by atoms with van der Waals surface area (Å²) >= 11 is 0. The van der Waals surface area contributed by atoms with Crippen molar-refractivity contribution in [1.82, 2.24) is 0 Å². The van der Waals surface area contributed by atoms with Crippen molar-refractivity contribution in [2.75, 3.05) is 20.8 Å². The number of rotatable bonds is 6. The van der Waals surface area contributed by atoms with Crippen LogP contribution in [0.2, 0.25) is 0 Å². The van der Waals surface area contributed by atoms with Gasteiger partial charge in [-0.25, -0.2) is 4.79 Å². The molecular formula is C23H22N2O5. The highest BCUT2D eigenvalue weighted by Gasteiger charge is 2.38. The Morgan fingerprint density at radius 2 is 1.77 bits per heavy atom. The SMILES string of the molecule is CCOC(=O)C1=C(c2ccccc2)OC(N)=C(C#N)[C@@H]1c1cc(OC)cc(OC)c1. The van der Waals surface area contributed by atoms with Gasteiger partial charge in [-0.3, -0.25) is 0 Å². The zero-order valence-electron chi connectivity index (χ0n) is 17.0. The third-order valence-electron chi connectivity index (χ3n) is 4.66. The van der Waals surface area contributed by atoms with Crippen molar-refractivity contribution < 1.29 is 23.7 Å². The molecule has 0 fully saturated rings. The lowest BCUT2D eigenvalue weighted by Crippen LogP contribution is -2.26. The normalized spacial score (nSPS) is 15.9. The van der Waals surface area contributed by atoms with Crippen molar-refractivity contribution in [2.45, 2.75) is 12.8 Å². The maximum absolute atomic E-state index is 13.0. The summed E-state index contributed by atoms with van der Waals surface area (Å²) in [6.07, 6.45) is 0. The van der Waals surface area contributed by atoms with Crippen LogP contribution in [0.3, 0.4) is 0 Å². The molecule has 2 aromatic rings. The first-order valence-corrected chi connectivity index (χ1v) is 9.31. The Morgan fingerprint density at radius 3 is 2.30 bits per heavy atom. The number of hydrogen-bond donors (Lipinski definition) is 1. The highest BCUT2D eigenvalue weighted by Crippen LogP contribution is 2.44. The van der Waals surface area contributed by atoms with Crippen LogP contribution in [0, 0.1) is 11.3 Å². The van der Waals surface area contributed by atoms with Crippen LogP contribution < -0.4 is 15.2 Å². The van der Waals surface area contributed by atoms with E-state index in [9.17, 15) is 10.1 Å². The Labute approximate surface area is 174 Å². The molecule has 0 bridgehead atoms. The fourth-order valence-electron chi connectivity index (χ4n) is 3.31. The third kappa shape index (κ3) is 3.94. The van der Waals surface area contributed by atoms with Crippen LogP contribution in [-0.4, -0.2) is 26.8 Å². The van der Waals surface area contributed by atoms with Crippen LogP contribution in [-0.2, 0) is 14.3 Å². The van der Waals surface area contributed by atoms with Crippen molar-refractivity contribution in [2.24, 2.45) is 5.73 Å². The first-order valence-electron chi connectivity index (χ1n) is 9.31. The molecule has 1 atom stereocenters. The first-order chi connectivity index (χ1) is 14.5. The molecule has 7 heteroatoms. The number of nitrogens with zero attached hydrogens (tertiary/aromatic N) is 1. The lowest BCUT2D eigenvalue weighted by molar-refractivity contribution is -0.138. The second-order valence-corrected chi connectivity index (χ2v) is 6.40. The Kier molecular flexibility index (Phi) is 6.28. The van der Waals surface area contributed by atoms with Crippen molar-refractivity contribution in [1.29, 1.82) is 5.26 Å². The van der Waals surface area contributed by atoms with Crippen LogP contribution in [0.1, 0.15) is 24.0 Å². The Balaban J connectivity index is 2.32. The van der Waals surface area contributed by atoms with Gasteiger partial charge in [0.15, 0.2) is 0 Å². The van der Waals surface area contributed by atoms with Crippen LogP contribution in [0.15, 0.2) is 65.6 Å². The zero-order chi connectivity index (χ0) is 21.7. The molecule has 0 unspecified atom stereocenters. The van der Waals surface area contributed by atoms with E-state index in [1.807, 2.05) is 18.2 Å². The number of benzene rings is 2. The topological polar surface area (TPSA) is 104 Å². The highest BCUT2D eigenvalue weighted by molar-refractivity contribution is 6.00. The van der Waals surface area contributed by atoms with Crippen molar-refractivity contribution >= 4 is 11.7 Å². The standard InChI is InChI=1S/C23H22N2O5/c1-4-29-23(26)20-19(15-10-16(27-2)12-17(11-15)28-3)18(13-24)22(25)30-21(20)14-8-6-5-7-9-14/h5-12,19H,4,25H2,1-3H3/t19-/m0/s1. The molecule has 2 aromatic carbocycles. The van der Waals surface area contributed by atoms with E-state index in [1.165, 1.54) is 14.2 Å². The number of nitriles is 1. The fraction of sp³-hybridized carbons (Fsp3) is 0.217. The van der Waals surface area contributed by atoms with Gasteiger partial charge in [0.05, 0.1) is 32.3 Å². The molecule has 7 nitrogen and oxygen atoms in total. The first kappa shape index (κ1) is 20.8. The minimum Gasteiger partial charge on any atom is -0.497 e. The molecule has 1 aliphatic rings. The van der Waals surface area contributed by atoms with E-state index in [4.69, 9.17) is 24.7 Å². The second kappa shape index (κ2) is 9.05. The molecule has 154 valence electrons. The molecule has 1 aliphatic heterocycles. The van der Waals surface area contributed by atoms with E-state index in [0.717, 1.165) is 0 Å². The number of hydrogen-bond acceptors (Lipinski definition) is 7. The quantitative estimate of drug-likeness (QED) is 0.732. The summed E-state index contributed by atoms with van der Waals surface area (Å²) in [5, 5.41) is 9.83. The lowest BCUT2D eigenvalue weighted by Gasteiger charge is -2.28. The van der Waals surface area contributed by atoms with E-state index in [1.54, 1.807) is 37.3 Å². The van der Waals surface area contributed by atoms with Gasteiger partial charge in [0.1, 0.15) is 28.9 Å². The van der Waals surface area contributed by atoms with Gasteiger partial charge in [-0.1, -0.05) is 30.3 Å². The summed E-state index contributed by atoms with van der Waals surface area (Å²) in [6.45, 7) is 1.88. The number of methoxy groups -OCH3 is 2. The smallest absolute Gasteiger partial charge is 0.338 e. The van der Waals surface area contributed by atoms with Gasteiger partial charge in [-0.05, 0) is 24.6 Å². The van der Waals surface area contributed by atoms with Crippen molar-refractivity contribution in [3.63, 3.8) is 0 Å². The van der Waals surface area contributed by atoms with Crippen LogP contribution in [0.4, 0.5) is 0 Å². The average Bonchev–Trinajstić information content (AvgIpc) is 2.78. The molecule has 0 amide bonds. The molecule has 0 saturated heterocycles. The van der Waals surface area contributed by atoms with E-state index in [2.05, 4.69) is 6.07 Å². The van der Waals surface area contributed by atoms with Gasteiger partial charge in [0, 0.05) is 11.6 Å². The largest absolute Gasteiger partial charge is 0.497 e. The zero-order valence-corrected chi connectivity index (χ0v) is 17.0. The number of carbonyl (C=O) groups is 1. The molecule has 3 rings (SSSR count). The molecule has 0 aliphatic carbocycles. The number of allylic oxidation sites excluding steroid dienone is 1. The summed E-state index contributed by atoms with van der Waals surface area (Å²) in [5.74, 6) is -0.216. The Bertz CT molecular complexity index is 1030. The number of nitrogens with two attached hydrogens (primary N) is 1. The van der Waals surface area contributed by atoms with E-state index in [-0.39, 0.29) is 29.4 Å². The van der Waals surface area contributed by atoms with E-state index >= 15 is 0 Å². The number of ether oxygens (including phenoxy) is 4. The predicted octanol–water partition coefficient (Wildman–Crippen LogP) is 3.49. The minimum absolute atomic E-state index is 0.0730. The van der Waals surface area contributed by atoms with E-state index < -0.39 is 11.9 Å². The maximum atomic E-state index is 13.0. The van der Waals surface area contributed by atoms with Gasteiger partial charge < -0.3 is 24.7 Å². The summed E-state index contributed by atoms with van der Waals surface area (Å²) < 4.78 is 21.8. The van der Waals surface area contributed by atoms with Crippen molar-refractivity contribution in [3.05, 3.63) is 76.7 Å². The van der Waals surface area contributed by atoms with Crippen LogP contribution in [0.5, 0.6) is 11.5 Å². The summed E-state index contributed by atoms with van der Waals surface area (Å²) in [6, 6.07) is 16.3. The monoisotopic (exact) mass is 406 g/mol. The van der Waals surface area contributed by atoms with Gasteiger partial charge in [0.25, 0.3) is 0 Å². The molecule has 30 heavy (non-hydrogen) atoms. The second-order valence-electron chi connectivity index (χ2n) is 6.40. The molecule has 0 aromatic heterocycles. The summed E-state index contributed by atoms with van der Waals surface area (Å²) in [7, 11) is 3.05. The van der Waals surface area contributed by atoms with Crippen molar-refractivity contribution in [3.8, 4) is 17.6 Å². The number of carbonyl (C=O) groups excluding carboxylic acids is 1. The Hall–Kier alpha value is -3.92. The van der Waals surface area contributed by atoms with Gasteiger partial charge in [0.2, 0.25) is 5.88 Å². The number of esters is 1. The van der Waals surface area contributed by atoms with Crippen LogP contribution in [0.25, 0.3) is 5.76 Å². The van der Waals surface area contributed by atoms with Gasteiger partial charge in [-0.15, -0.1) is 0 Å². The van der Waals surface area contributed by atoms with Crippen LogP contribution >= 0.6 is 0 Å². The van der Waals surface area contributed by atoms with Gasteiger partial charge >= 0.3 is 5.97 Å². The molecule has 1 heterocycles. The fourth-order valence-corrected chi connectivity index (χ4v) is 3.31. The average molecular weight is 406 g/mol. The molecular weight excluding hydrogens is 384 g/mol. The lowest BCUT2D eigenvalue weighted by atomic mass is 9.82. The maximum Gasteiger partial charge on any atom is 0.338 e. The molecule has 0 spiro atoms. The summed E-state index contributed by atoms with van der Waals surface area (Å²) in [5.41, 5.74) is 7.63. The third-order valence-corrected chi connectivity index (χ3v) is 4.66. The van der Waals surface area contributed by atoms with Gasteiger partial charge in [-0.2, -0.15) is 5.26 Å². The summed E-state index contributed by atoms with van der Waals surface area (Å²) in [4.78, 5) is 13.0. The molecule has 0 radical (unpaired) electrons. The minimum atomic E-state index is -0.818.